The highest BCUT2D eigenvalue weighted by atomic mass is 16.6. The summed E-state index contributed by atoms with van der Waals surface area (Å²) >= 11 is 0. The first kappa shape index (κ1) is 16.3. The molecule has 1 aromatic carbocycles. The number of piperidine rings is 1. The fourth-order valence-electron chi connectivity index (χ4n) is 2.84. The summed E-state index contributed by atoms with van der Waals surface area (Å²) in [7, 11) is 0. The van der Waals surface area contributed by atoms with Crippen LogP contribution in [0.2, 0.25) is 0 Å². The molecule has 24 heavy (non-hydrogen) atoms. The average molecular weight is 324 g/mol. The van der Waals surface area contributed by atoms with Gasteiger partial charge in [-0.25, -0.2) is 4.98 Å². The summed E-state index contributed by atoms with van der Waals surface area (Å²) in [6.07, 6.45) is 5.55. The summed E-state index contributed by atoms with van der Waals surface area (Å²) in [5.41, 5.74) is 9.06. The van der Waals surface area contributed by atoms with Crippen molar-refractivity contribution in [2.24, 2.45) is 10.9 Å². The molecule has 0 aliphatic carbocycles. The first-order valence-electron chi connectivity index (χ1n) is 8.45. The van der Waals surface area contributed by atoms with Gasteiger partial charge in [0.25, 0.3) is 0 Å². The minimum Gasteiger partial charge on any atom is -0.389 e. The van der Waals surface area contributed by atoms with E-state index in [0.717, 1.165) is 30.0 Å². The van der Waals surface area contributed by atoms with Gasteiger partial charge in [0.05, 0.1) is 0 Å². The molecule has 0 bridgehead atoms. The second-order valence-electron chi connectivity index (χ2n) is 6.13. The Hall–Kier alpha value is -2.56. The summed E-state index contributed by atoms with van der Waals surface area (Å²) in [6.45, 7) is 4.62. The maximum atomic E-state index is 6.00. The van der Waals surface area contributed by atoms with Crippen molar-refractivity contribution in [2.45, 2.75) is 32.8 Å². The molecule has 0 unspecified atom stereocenters. The van der Waals surface area contributed by atoms with Crippen LogP contribution in [0.3, 0.4) is 0 Å². The van der Waals surface area contributed by atoms with E-state index in [-0.39, 0.29) is 0 Å². The molecular weight excluding hydrogens is 300 g/mol. The third-order valence-corrected chi connectivity index (χ3v) is 4.37. The molecule has 0 spiro atoms. The summed E-state index contributed by atoms with van der Waals surface area (Å²) in [4.78, 5) is 12.2. The Kier molecular flexibility index (Phi) is 5.31. The molecule has 0 amide bonds. The quantitative estimate of drug-likeness (QED) is 0.521. The van der Waals surface area contributed by atoms with Crippen molar-refractivity contribution < 1.29 is 4.84 Å². The lowest BCUT2D eigenvalue weighted by Gasteiger charge is -2.27. The number of pyridine rings is 1. The first-order valence-corrected chi connectivity index (χ1v) is 8.45. The van der Waals surface area contributed by atoms with Gasteiger partial charge in [-0.15, -0.1) is 0 Å². The second kappa shape index (κ2) is 7.81. The lowest BCUT2D eigenvalue weighted by molar-refractivity contribution is 0.130. The standard InChI is InChI=1S/C19H24N4O/c1-15-7-3-4-8-17(15)14-24-22-19(20)16-9-10-18(21-13-16)23-11-5-2-6-12-23/h3-4,7-10,13H,2,5-6,11-12,14H2,1H3,(H2,20,22). The molecular formula is C19H24N4O. The predicted molar refractivity (Wildman–Crippen MR) is 97.0 cm³/mol. The van der Waals surface area contributed by atoms with E-state index in [0.29, 0.717) is 12.4 Å². The van der Waals surface area contributed by atoms with Gasteiger partial charge in [0.1, 0.15) is 12.4 Å². The summed E-state index contributed by atoms with van der Waals surface area (Å²) in [5, 5.41) is 4.01. The van der Waals surface area contributed by atoms with Gasteiger partial charge in [-0.3, -0.25) is 0 Å². The Morgan fingerprint density at radius 1 is 1.17 bits per heavy atom. The molecule has 1 aliphatic rings. The van der Waals surface area contributed by atoms with Gasteiger partial charge in [0.15, 0.2) is 5.84 Å². The molecule has 1 aliphatic heterocycles. The second-order valence-corrected chi connectivity index (χ2v) is 6.13. The van der Waals surface area contributed by atoms with Crippen LogP contribution >= 0.6 is 0 Å². The number of amidine groups is 1. The van der Waals surface area contributed by atoms with Crippen molar-refractivity contribution in [3.63, 3.8) is 0 Å². The number of benzene rings is 1. The Morgan fingerprint density at radius 3 is 2.67 bits per heavy atom. The molecule has 3 rings (SSSR count). The highest BCUT2D eigenvalue weighted by molar-refractivity contribution is 5.96. The van der Waals surface area contributed by atoms with Crippen molar-refractivity contribution in [3.05, 3.63) is 59.3 Å². The van der Waals surface area contributed by atoms with E-state index in [1.807, 2.05) is 30.3 Å². The highest BCUT2D eigenvalue weighted by Gasteiger charge is 2.12. The number of oxime groups is 1. The monoisotopic (exact) mass is 324 g/mol. The smallest absolute Gasteiger partial charge is 0.171 e. The SMILES string of the molecule is Cc1ccccc1CO/N=C(\N)c1ccc(N2CCCCC2)nc1. The van der Waals surface area contributed by atoms with Crippen molar-refractivity contribution in [3.8, 4) is 0 Å². The van der Waals surface area contributed by atoms with Gasteiger partial charge in [-0.05, 0) is 49.4 Å². The van der Waals surface area contributed by atoms with Crippen LogP contribution in [0.15, 0.2) is 47.8 Å². The van der Waals surface area contributed by atoms with E-state index in [4.69, 9.17) is 10.6 Å². The molecule has 1 aromatic heterocycles. The van der Waals surface area contributed by atoms with Crippen molar-refractivity contribution in [2.75, 3.05) is 18.0 Å². The number of anilines is 1. The largest absolute Gasteiger partial charge is 0.389 e. The fourth-order valence-corrected chi connectivity index (χ4v) is 2.84. The van der Waals surface area contributed by atoms with Gasteiger partial charge >= 0.3 is 0 Å². The van der Waals surface area contributed by atoms with Crippen LogP contribution < -0.4 is 10.6 Å². The van der Waals surface area contributed by atoms with Gasteiger partial charge in [0.2, 0.25) is 0 Å². The number of rotatable bonds is 5. The molecule has 0 saturated carbocycles. The zero-order valence-electron chi connectivity index (χ0n) is 14.1. The van der Waals surface area contributed by atoms with Crippen LogP contribution in [0.1, 0.15) is 36.0 Å². The predicted octanol–water partition coefficient (Wildman–Crippen LogP) is 3.22. The molecule has 2 N–H and O–H groups in total. The maximum Gasteiger partial charge on any atom is 0.171 e. The van der Waals surface area contributed by atoms with Crippen LogP contribution in [-0.2, 0) is 11.4 Å². The molecule has 126 valence electrons. The van der Waals surface area contributed by atoms with Crippen LogP contribution in [0.25, 0.3) is 0 Å². The van der Waals surface area contributed by atoms with Gasteiger partial charge in [-0.2, -0.15) is 0 Å². The zero-order chi connectivity index (χ0) is 16.8. The van der Waals surface area contributed by atoms with Crippen LogP contribution in [-0.4, -0.2) is 23.9 Å². The molecule has 5 heteroatoms. The van der Waals surface area contributed by atoms with E-state index in [9.17, 15) is 0 Å². The van der Waals surface area contributed by atoms with E-state index in [1.54, 1.807) is 6.20 Å². The minimum atomic E-state index is 0.348. The fraction of sp³-hybridized carbons (Fsp3) is 0.368. The topological polar surface area (TPSA) is 63.7 Å². The van der Waals surface area contributed by atoms with Crippen molar-refractivity contribution in [1.29, 1.82) is 0 Å². The van der Waals surface area contributed by atoms with Crippen LogP contribution in [0, 0.1) is 6.92 Å². The van der Waals surface area contributed by atoms with Crippen LogP contribution in [0.5, 0.6) is 0 Å². The van der Waals surface area contributed by atoms with Gasteiger partial charge < -0.3 is 15.5 Å². The molecule has 0 radical (unpaired) electrons. The molecule has 5 nitrogen and oxygen atoms in total. The van der Waals surface area contributed by atoms with E-state index in [2.05, 4.69) is 28.0 Å². The number of nitrogens with two attached hydrogens (primary N) is 1. The Balaban J connectivity index is 1.59. The third kappa shape index (κ3) is 4.04. The summed E-state index contributed by atoms with van der Waals surface area (Å²) in [5.74, 6) is 1.35. The number of hydrogen-bond donors (Lipinski definition) is 1. The summed E-state index contributed by atoms with van der Waals surface area (Å²) < 4.78 is 0. The number of aryl methyl sites for hydroxylation is 1. The normalized spacial score (nSPS) is 15.4. The maximum absolute atomic E-state index is 6.00. The molecule has 1 fully saturated rings. The summed E-state index contributed by atoms with van der Waals surface area (Å²) in [6, 6.07) is 12.0. The molecule has 0 atom stereocenters. The van der Waals surface area contributed by atoms with Crippen molar-refractivity contribution in [1.82, 2.24) is 4.98 Å². The Bertz CT molecular complexity index is 691. The van der Waals surface area contributed by atoms with E-state index < -0.39 is 0 Å². The van der Waals surface area contributed by atoms with E-state index >= 15 is 0 Å². The average Bonchev–Trinajstić information content (AvgIpc) is 2.64. The van der Waals surface area contributed by atoms with Gasteiger partial charge in [0, 0.05) is 24.8 Å². The molecule has 2 aromatic rings. The lowest BCUT2D eigenvalue weighted by atomic mass is 10.1. The lowest BCUT2D eigenvalue weighted by Crippen LogP contribution is -2.30. The number of aromatic nitrogens is 1. The minimum absolute atomic E-state index is 0.348. The zero-order valence-corrected chi connectivity index (χ0v) is 14.1. The third-order valence-electron chi connectivity index (χ3n) is 4.37. The first-order chi connectivity index (χ1) is 11.7. The molecule has 1 saturated heterocycles. The van der Waals surface area contributed by atoms with Crippen molar-refractivity contribution >= 4 is 11.7 Å². The number of nitrogens with zero attached hydrogens (tertiary/aromatic N) is 3. The highest BCUT2D eigenvalue weighted by Crippen LogP contribution is 2.17. The van der Waals surface area contributed by atoms with Crippen LogP contribution in [0.4, 0.5) is 5.82 Å². The van der Waals surface area contributed by atoms with Gasteiger partial charge in [-0.1, -0.05) is 29.4 Å². The van der Waals surface area contributed by atoms with E-state index in [1.165, 1.54) is 24.8 Å². The molecule has 2 heterocycles. The Morgan fingerprint density at radius 2 is 1.96 bits per heavy atom. The Labute approximate surface area is 143 Å². The number of hydrogen-bond acceptors (Lipinski definition) is 4.